The van der Waals surface area contributed by atoms with Gasteiger partial charge in [0.1, 0.15) is 0 Å². The van der Waals surface area contributed by atoms with Crippen LogP contribution >= 0.6 is 0 Å². The molecule has 2 saturated heterocycles. The first-order valence-electron chi connectivity index (χ1n) is 8.82. The zero-order chi connectivity index (χ0) is 17.1. The molecule has 2 aliphatic heterocycles. The number of likely N-dealkylation sites (tertiary alicyclic amines) is 2. The van der Waals surface area contributed by atoms with Gasteiger partial charge in [-0.25, -0.2) is 0 Å². The molecule has 0 aromatic carbocycles. The molecule has 2 fully saturated rings. The van der Waals surface area contributed by atoms with Crippen LogP contribution in [0.2, 0.25) is 0 Å². The van der Waals surface area contributed by atoms with E-state index in [1.165, 1.54) is 12.5 Å². The monoisotopic (exact) mass is 333 g/mol. The van der Waals surface area contributed by atoms with Gasteiger partial charge in [-0.15, -0.1) is 0 Å². The Morgan fingerprint density at radius 2 is 1.96 bits per heavy atom. The molecule has 132 valence electrons. The Bertz CT molecular complexity index is 643. The van der Waals surface area contributed by atoms with Crippen LogP contribution in [0.25, 0.3) is 0 Å². The van der Waals surface area contributed by atoms with E-state index in [4.69, 9.17) is 4.74 Å². The average molecular weight is 333 g/mol. The fraction of sp³-hybridized carbons (Fsp3) is 0.667. The predicted octanol–water partition coefficient (Wildman–Crippen LogP) is 1.19. The first-order chi connectivity index (χ1) is 11.6. The van der Waals surface area contributed by atoms with Gasteiger partial charge in [0, 0.05) is 44.5 Å². The van der Waals surface area contributed by atoms with E-state index < -0.39 is 0 Å². The number of aromatic nitrogens is 1. The summed E-state index contributed by atoms with van der Waals surface area (Å²) in [5.74, 6) is 0.0453. The minimum Gasteiger partial charge on any atom is -0.383 e. The maximum Gasteiger partial charge on any atom is 0.255 e. The SMILES string of the molecule is COCCn1cc(C(=O)N2CCC[C@@H]2[C@H]2CCCN2C)ccc1=O. The largest absolute Gasteiger partial charge is 0.383 e. The molecule has 0 spiro atoms. The second-order valence-corrected chi connectivity index (χ2v) is 6.84. The van der Waals surface area contributed by atoms with Crippen LogP contribution in [0.4, 0.5) is 0 Å². The van der Waals surface area contributed by atoms with Crippen LogP contribution in [-0.2, 0) is 11.3 Å². The number of rotatable bonds is 5. The van der Waals surface area contributed by atoms with E-state index in [0.717, 1.165) is 32.4 Å². The molecular formula is C18H27N3O3. The number of ether oxygens (including phenoxy) is 1. The lowest BCUT2D eigenvalue weighted by atomic mass is 10.0. The number of methoxy groups -OCH3 is 1. The number of carbonyl (C=O) groups is 1. The zero-order valence-corrected chi connectivity index (χ0v) is 14.6. The van der Waals surface area contributed by atoms with Gasteiger partial charge >= 0.3 is 0 Å². The highest BCUT2D eigenvalue weighted by atomic mass is 16.5. The van der Waals surface area contributed by atoms with Crippen molar-refractivity contribution in [3.8, 4) is 0 Å². The first-order valence-corrected chi connectivity index (χ1v) is 8.82. The molecule has 0 unspecified atom stereocenters. The second-order valence-electron chi connectivity index (χ2n) is 6.84. The van der Waals surface area contributed by atoms with Crippen molar-refractivity contribution in [2.75, 3.05) is 33.9 Å². The van der Waals surface area contributed by atoms with Crippen LogP contribution in [0, 0.1) is 0 Å². The maximum absolute atomic E-state index is 13.0. The standard InChI is InChI=1S/C18H27N3O3/c1-19-9-3-5-15(19)16-6-4-10-21(16)18(23)14-7-8-17(22)20(13-14)11-12-24-2/h7-8,13,15-16H,3-6,9-12H2,1-2H3/t15-,16-/m1/s1. The smallest absolute Gasteiger partial charge is 0.255 e. The molecule has 1 aromatic rings. The highest BCUT2D eigenvalue weighted by Gasteiger charge is 2.38. The van der Waals surface area contributed by atoms with Crippen LogP contribution in [0.1, 0.15) is 36.0 Å². The maximum atomic E-state index is 13.0. The van der Waals surface area contributed by atoms with E-state index in [-0.39, 0.29) is 11.5 Å². The van der Waals surface area contributed by atoms with Gasteiger partial charge in [-0.05, 0) is 45.3 Å². The molecule has 1 aromatic heterocycles. The zero-order valence-electron chi connectivity index (χ0n) is 14.6. The molecule has 0 bridgehead atoms. The molecule has 2 aliphatic rings. The van der Waals surface area contributed by atoms with Gasteiger partial charge in [-0.1, -0.05) is 0 Å². The Morgan fingerprint density at radius 1 is 1.21 bits per heavy atom. The summed E-state index contributed by atoms with van der Waals surface area (Å²) in [6, 6.07) is 3.90. The van der Waals surface area contributed by atoms with Crippen LogP contribution in [0.5, 0.6) is 0 Å². The molecule has 6 nitrogen and oxygen atoms in total. The highest BCUT2D eigenvalue weighted by molar-refractivity contribution is 5.94. The quantitative estimate of drug-likeness (QED) is 0.812. The summed E-state index contributed by atoms with van der Waals surface area (Å²) in [6.07, 6.45) is 6.19. The van der Waals surface area contributed by atoms with Gasteiger partial charge in [-0.3, -0.25) is 9.59 Å². The first kappa shape index (κ1) is 17.2. The van der Waals surface area contributed by atoms with E-state index in [0.29, 0.717) is 30.8 Å². The normalized spacial score (nSPS) is 24.7. The van der Waals surface area contributed by atoms with Gasteiger partial charge in [0.25, 0.3) is 11.5 Å². The summed E-state index contributed by atoms with van der Waals surface area (Å²) >= 11 is 0. The van der Waals surface area contributed by atoms with Gasteiger partial charge in [0.2, 0.25) is 0 Å². The van der Waals surface area contributed by atoms with E-state index >= 15 is 0 Å². The van der Waals surface area contributed by atoms with Crippen molar-refractivity contribution < 1.29 is 9.53 Å². The van der Waals surface area contributed by atoms with Crippen LogP contribution < -0.4 is 5.56 Å². The topological polar surface area (TPSA) is 54.8 Å². The Balaban J connectivity index is 1.79. The third-order valence-corrected chi connectivity index (χ3v) is 5.35. The number of hydrogen-bond acceptors (Lipinski definition) is 4. The molecular weight excluding hydrogens is 306 g/mol. The molecule has 0 N–H and O–H groups in total. The van der Waals surface area contributed by atoms with Crippen LogP contribution in [-0.4, -0.2) is 66.2 Å². The fourth-order valence-corrected chi connectivity index (χ4v) is 4.05. The molecule has 6 heteroatoms. The van der Waals surface area contributed by atoms with Gasteiger partial charge in [0.15, 0.2) is 0 Å². The molecule has 3 rings (SSSR count). The minimum absolute atomic E-state index is 0.0453. The van der Waals surface area contributed by atoms with Crippen LogP contribution in [0.3, 0.4) is 0 Å². The third kappa shape index (κ3) is 3.39. The highest BCUT2D eigenvalue weighted by Crippen LogP contribution is 2.30. The summed E-state index contributed by atoms with van der Waals surface area (Å²) in [4.78, 5) is 29.3. The van der Waals surface area contributed by atoms with Gasteiger partial charge in [-0.2, -0.15) is 0 Å². The summed E-state index contributed by atoms with van der Waals surface area (Å²) in [6.45, 7) is 2.85. The third-order valence-electron chi connectivity index (χ3n) is 5.35. The van der Waals surface area contributed by atoms with Crippen molar-refractivity contribution >= 4 is 5.91 Å². The lowest BCUT2D eigenvalue weighted by Gasteiger charge is -2.33. The molecule has 0 aliphatic carbocycles. The molecule has 0 saturated carbocycles. The Morgan fingerprint density at radius 3 is 2.67 bits per heavy atom. The predicted molar refractivity (Wildman–Crippen MR) is 92.3 cm³/mol. The molecule has 1 amide bonds. The van der Waals surface area contributed by atoms with E-state index in [9.17, 15) is 9.59 Å². The van der Waals surface area contributed by atoms with Crippen molar-refractivity contribution in [3.63, 3.8) is 0 Å². The number of amides is 1. The van der Waals surface area contributed by atoms with E-state index in [1.807, 2.05) is 4.90 Å². The van der Waals surface area contributed by atoms with Gasteiger partial charge in [0.05, 0.1) is 12.2 Å². The Kier molecular flexibility index (Phi) is 5.36. The lowest BCUT2D eigenvalue weighted by molar-refractivity contribution is 0.0663. The summed E-state index contributed by atoms with van der Waals surface area (Å²) in [5, 5.41) is 0. The molecule has 24 heavy (non-hydrogen) atoms. The van der Waals surface area contributed by atoms with Crippen molar-refractivity contribution in [3.05, 3.63) is 34.2 Å². The second kappa shape index (κ2) is 7.49. The molecule has 0 radical (unpaired) electrons. The minimum atomic E-state index is -0.0999. The number of likely N-dealkylation sites (N-methyl/N-ethyl adjacent to an activating group) is 1. The number of pyridine rings is 1. The summed E-state index contributed by atoms with van der Waals surface area (Å²) in [5.41, 5.74) is 0.496. The number of carbonyl (C=O) groups excluding carboxylic acids is 1. The van der Waals surface area contributed by atoms with E-state index in [1.54, 1.807) is 23.9 Å². The number of hydrogen-bond donors (Lipinski definition) is 0. The van der Waals surface area contributed by atoms with Gasteiger partial charge < -0.3 is 19.1 Å². The van der Waals surface area contributed by atoms with Crippen molar-refractivity contribution in [1.29, 1.82) is 0 Å². The Hall–Kier alpha value is -1.66. The lowest BCUT2D eigenvalue weighted by Crippen LogP contribution is -2.47. The van der Waals surface area contributed by atoms with Crippen molar-refractivity contribution in [1.82, 2.24) is 14.4 Å². The van der Waals surface area contributed by atoms with Crippen molar-refractivity contribution in [2.24, 2.45) is 0 Å². The average Bonchev–Trinajstić information content (AvgIpc) is 3.21. The fourth-order valence-electron chi connectivity index (χ4n) is 4.05. The number of nitrogens with zero attached hydrogens (tertiary/aromatic N) is 3. The van der Waals surface area contributed by atoms with Crippen molar-refractivity contribution in [2.45, 2.75) is 44.3 Å². The summed E-state index contributed by atoms with van der Waals surface area (Å²) in [7, 11) is 3.76. The molecule has 2 atom stereocenters. The Labute approximate surface area is 143 Å². The van der Waals surface area contributed by atoms with Crippen LogP contribution in [0.15, 0.2) is 23.1 Å². The molecule has 3 heterocycles. The summed E-state index contributed by atoms with van der Waals surface area (Å²) < 4.78 is 6.60. The van der Waals surface area contributed by atoms with E-state index in [2.05, 4.69) is 11.9 Å².